The standard InChI is InChI=1S/C11H17N3O/c1-8(2)12-7-11(15)14-10-5-4-9(3)13-6-10/h4-6,8,12H,7H2,1-3H3,(H,14,15). The molecule has 0 aliphatic carbocycles. The minimum Gasteiger partial charge on any atom is -0.324 e. The van der Waals surface area contributed by atoms with E-state index < -0.39 is 0 Å². The Morgan fingerprint density at radius 1 is 1.47 bits per heavy atom. The molecular formula is C11H17N3O. The van der Waals surface area contributed by atoms with E-state index in [1.54, 1.807) is 6.20 Å². The number of rotatable bonds is 4. The third kappa shape index (κ3) is 4.56. The van der Waals surface area contributed by atoms with Gasteiger partial charge >= 0.3 is 0 Å². The van der Waals surface area contributed by atoms with E-state index in [0.29, 0.717) is 12.6 Å². The lowest BCUT2D eigenvalue weighted by molar-refractivity contribution is -0.115. The van der Waals surface area contributed by atoms with Gasteiger partial charge in [-0.15, -0.1) is 0 Å². The quantitative estimate of drug-likeness (QED) is 0.783. The first-order valence-electron chi connectivity index (χ1n) is 5.04. The average molecular weight is 207 g/mol. The fraction of sp³-hybridized carbons (Fsp3) is 0.455. The molecule has 1 aromatic heterocycles. The summed E-state index contributed by atoms with van der Waals surface area (Å²) >= 11 is 0. The number of pyridine rings is 1. The Labute approximate surface area is 90.1 Å². The van der Waals surface area contributed by atoms with Crippen molar-refractivity contribution in [3.63, 3.8) is 0 Å². The summed E-state index contributed by atoms with van der Waals surface area (Å²) in [5.74, 6) is -0.0469. The van der Waals surface area contributed by atoms with Crippen molar-refractivity contribution in [1.29, 1.82) is 0 Å². The maximum atomic E-state index is 11.4. The molecule has 0 saturated heterocycles. The summed E-state index contributed by atoms with van der Waals surface area (Å²) in [4.78, 5) is 15.5. The molecule has 0 aliphatic heterocycles. The van der Waals surface area contributed by atoms with Gasteiger partial charge < -0.3 is 10.6 Å². The number of nitrogens with one attached hydrogen (secondary N) is 2. The van der Waals surface area contributed by atoms with Gasteiger partial charge in [-0.05, 0) is 19.1 Å². The summed E-state index contributed by atoms with van der Waals surface area (Å²) in [5, 5.41) is 5.80. The van der Waals surface area contributed by atoms with Crippen molar-refractivity contribution >= 4 is 11.6 Å². The maximum absolute atomic E-state index is 11.4. The van der Waals surface area contributed by atoms with E-state index in [4.69, 9.17) is 0 Å². The van der Waals surface area contributed by atoms with Crippen LogP contribution in [-0.2, 0) is 4.79 Å². The highest BCUT2D eigenvalue weighted by Gasteiger charge is 2.02. The Morgan fingerprint density at radius 2 is 2.20 bits per heavy atom. The molecule has 1 rings (SSSR count). The number of nitrogens with zero attached hydrogens (tertiary/aromatic N) is 1. The van der Waals surface area contributed by atoms with Crippen LogP contribution >= 0.6 is 0 Å². The molecule has 0 unspecified atom stereocenters. The highest BCUT2D eigenvalue weighted by atomic mass is 16.1. The minimum absolute atomic E-state index is 0.0469. The summed E-state index contributed by atoms with van der Waals surface area (Å²) in [6.07, 6.45) is 1.66. The first-order valence-corrected chi connectivity index (χ1v) is 5.04. The largest absolute Gasteiger partial charge is 0.324 e. The van der Waals surface area contributed by atoms with Gasteiger partial charge in [0.1, 0.15) is 0 Å². The molecule has 4 heteroatoms. The fourth-order valence-corrected chi connectivity index (χ4v) is 1.04. The Morgan fingerprint density at radius 3 is 2.73 bits per heavy atom. The highest BCUT2D eigenvalue weighted by Crippen LogP contribution is 2.04. The lowest BCUT2D eigenvalue weighted by Gasteiger charge is -2.08. The van der Waals surface area contributed by atoms with Crippen LogP contribution in [0, 0.1) is 6.92 Å². The number of amides is 1. The second kappa shape index (κ2) is 5.46. The molecule has 0 bridgehead atoms. The van der Waals surface area contributed by atoms with Crippen LogP contribution in [0.2, 0.25) is 0 Å². The Balaban J connectivity index is 2.41. The molecule has 1 aromatic rings. The van der Waals surface area contributed by atoms with Crippen LogP contribution in [-0.4, -0.2) is 23.5 Å². The number of carbonyl (C=O) groups excluding carboxylic acids is 1. The van der Waals surface area contributed by atoms with Crippen molar-refractivity contribution in [2.24, 2.45) is 0 Å². The molecule has 1 heterocycles. The zero-order valence-corrected chi connectivity index (χ0v) is 9.37. The van der Waals surface area contributed by atoms with Crippen LogP contribution in [0.15, 0.2) is 18.3 Å². The van der Waals surface area contributed by atoms with E-state index in [2.05, 4.69) is 15.6 Å². The molecule has 0 aliphatic rings. The van der Waals surface area contributed by atoms with Crippen molar-refractivity contribution in [2.45, 2.75) is 26.8 Å². The lowest BCUT2D eigenvalue weighted by atomic mass is 10.3. The first-order chi connectivity index (χ1) is 7.08. The van der Waals surface area contributed by atoms with Crippen LogP contribution in [0.5, 0.6) is 0 Å². The molecule has 0 aromatic carbocycles. The molecule has 0 spiro atoms. The second-order valence-corrected chi connectivity index (χ2v) is 3.77. The predicted molar refractivity (Wildman–Crippen MR) is 60.7 cm³/mol. The van der Waals surface area contributed by atoms with Gasteiger partial charge in [-0.3, -0.25) is 9.78 Å². The summed E-state index contributed by atoms with van der Waals surface area (Å²) in [7, 11) is 0. The van der Waals surface area contributed by atoms with Gasteiger partial charge in [0, 0.05) is 11.7 Å². The Bertz CT molecular complexity index is 319. The zero-order valence-electron chi connectivity index (χ0n) is 9.37. The molecule has 0 fully saturated rings. The molecule has 2 N–H and O–H groups in total. The van der Waals surface area contributed by atoms with Gasteiger partial charge in [-0.25, -0.2) is 0 Å². The topological polar surface area (TPSA) is 54.0 Å². The maximum Gasteiger partial charge on any atom is 0.238 e. The van der Waals surface area contributed by atoms with Gasteiger partial charge in [0.15, 0.2) is 0 Å². The lowest BCUT2D eigenvalue weighted by Crippen LogP contribution is -2.32. The van der Waals surface area contributed by atoms with Crippen molar-refractivity contribution in [2.75, 3.05) is 11.9 Å². The SMILES string of the molecule is Cc1ccc(NC(=O)CNC(C)C)cn1. The molecule has 0 radical (unpaired) electrons. The summed E-state index contributed by atoms with van der Waals surface area (Å²) in [6.45, 7) is 6.24. The van der Waals surface area contributed by atoms with E-state index in [9.17, 15) is 4.79 Å². The normalized spacial score (nSPS) is 10.4. The van der Waals surface area contributed by atoms with Crippen LogP contribution in [0.4, 0.5) is 5.69 Å². The predicted octanol–water partition coefficient (Wildman–Crippen LogP) is 1.33. The third-order valence-electron chi connectivity index (χ3n) is 1.87. The van der Waals surface area contributed by atoms with Crippen molar-refractivity contribution in [1.82, 2.24) is 10.3 Å². The summed E-state index contributed by atoms with van der Waals surface area (Å²) in [6, 6.07) is 4.02. The third-order valence-corrected chi connectivity index (χ3v) is 1.87. The Kier molecular flexibility index (Phi) is 4.24. The van der Waals surface area contributed by atoms with Gasteiger partial charge in [0.25, 0.3) is 0 Å². The monoisotopic (exact) mass is 207 g/mol. The van der Waals surface area contributed by atoms with Crippen LogP contribution < -0.4 is 10.6 Å². The summed E-state index contributed by atoms with van der Waals surface area (Å²) in [5.41, 5.74) is 1.67. The van der Waals surface area contributed by atoms with Crippen molar-refractivity contribution in [3.05, 3.63) is 24.0 Å². The van der Waals surface area contributed by atoms with Crippen molar-refractivity contribution in [3.8, 4) is 0 Å². The van der Waals surface area contributed by atoms with Gasteiger partial charge in [-0.1, -0.05) is 13.8 Å². The number of hydrogen-bond acceptors (Lipinski definition) is 3. The molecule has 0 atom stereocenters. The van der Waals surface area contributed by atoms with Crippen LogP contribution in [0.25, 0.3) is 0 Å². The van der Waals surface area contributed by atoms with E-state index in [1.165, 1.54) is 0 Å². The van der Waals surface area contributed by atoms with Gasteiger partial charge in [0.05, 0.1) is 18.4 Å². The Hall–Kier alpha value is -1.42. The molecule has 4 nitrogen and oxygen atoms in total. The fourth-order valence-electron chi connectivity index (χ4n) is 1.04. The molecule has 15 heavy (non-hydrogen) atoms. The minimum atomic E-state index is -0.0469. The zero-order chi connectivity index (χ0) is 11.3. The smallest absolute Gasteiger partial charge is 0.238 e. The molecular weight excluding hydrogens is 190 g/mol. The number of aryl methyl sites for hydroxylation is 1. The first kappa shape index (κ1) is 11.7. The number of carbonyl (C=O) groups is 1. The number of hydrogen-bond donors (Lipinski definition) is 2. The number of aromatic nitrogens is 1. The van der Waals surface area contributed by atoms with Gasteiger partial charge in [0.2, 0.25) is 5.91 Å². The van der Waals surface area contributed by atoms with E-state index >= 15 is 0 Å². The van der Waals surface area contributed by atoms with E-state index in [1.807, 2.05) is 32.9 Å². The number of anilines is 1. The average Bonchev–Trinajstić information content (AvgIpc) is 2.19. The van der Waals surface area contributed by atoms with E-state index in [0.717, 1.165) is 11.4 Å². The van der Waals surface area contributed by atoms with Gasteiger partial charge in [-0.2, -0.15) is 0 Å². The van der Waals surface area contributed by atoms with Crippen LogP contribution in [0.1, 0.15) is 19.5 Å². The van der Waals surface area contributed by atoms with Crippen LogP contribution in [0.3, 0.4) is 0 Å². The second-order valence-electron chi connectivity index (χ2n) is 3.77. The highest BCUT2D eigenvalue weighted by molar-refractivity contribution is 5.92. The molecule has 0 saturated carbocycles. The van der Waals surface area contributed by atoms with Crippen molar-refractivity contribution < 1.29 is 4.79 Å². The molecule has 82 valence electrons. The summed E-state index contributed by atoms with van der Waals surface area (Å²) < 4.78 is 0. The molecule has 1 amide bonds. The van der Waals surface area contributed by atoms with E-state index in [-0.39, 0.29) is 5.91 Å².